The number of hydrogen-bond donors (Lipinski definition) is 2. The quantitative estimate of drug-likeness (QED) is 0.707. The first-order chi connectivity index (χ1) is 12.1. The summed E-state index contributed by atoms with van der Waals surface area (Å²) in [4.78, 5) is 12.7. The Balaban J connectivity index is 2.41. The second kappa shape index (κ2) is 7.70. The average Bonchev–Trinajstić information content (AvgIpc) is 2.96. The van der Waals surface area contributed by atoms with Gasteiger partial charge in [0, 0.05) is 16.5 Å². The number of nitrogens with one attached hydrogen (secondary N) is 1. The summed E-state index contributed by atoms with van der Waals surface area (Å²) < 4.78 is 16.3. The van der Waals surface area contributed by atoms with E-state index in [9.17, 15) is 4.79 Å². The van der Waals surface area contributed by atoms with E-state index in [4.69, 9.17) is 19.9 Å². The number of amides is 1. The second-order valence-corrected chi connectivity index (χ2v) is 7.60. The maximum Gasteiger partial charge on any atom is 0.251 e. The molecule has 0 spiro atoms. The molecule has 6 nitrogen and oxygen atoms in total. The molecule has 140 valence electrons. The standard InChI is InChI=1S/C19H24N2O4S/c1-11(25-19(2,3)4)21-18-14(17(20)22)10-16(26-18)13-8-7-12(23-5)9-15(13)24-6/h7-10,21H,1H2,2-6H3,(H2,20,22). The summed E-state index contributed by atoms with van der Waals surface area (Å²) in [7, 11) is 3.17. The van der Waals surface area contributed by atoms with E-state index in [2.05, 4.69) is 11.9 Å². The molecule has 0 radical (unpaired) electrons. The number of rotatable bonds is 7. The Kier molecular flexibility index (Phi) is 5.82. The lowest BCUT2D eigenvalue weighted by Gasteiger charge is -2.23. The first-order valence-electron chi connectivity index (χ1n) is 7.95. The maximum atomic E-state index is 11.9. The Bertz CT molecular complexity index is 821. The van der Waals surface area contributed by atoms with Crippen LogP contribution in [-0.2, 0) is 4.74 Å². The third kappa shape index (κ3) is 4.70. The number of anilines is 1. The predicted molar refractivity (Wildman–Crippen MR) is 105 cm³/mol. The Hall–Kier alpha value is -2.67. The van der Waals surface area contributed by atoms with E-state index < -0.39 is 11.5 Å². The van der Waals surface area contributed by atoms with Crippen LogP contribution in [0.4, 0.5) is 5.00 Å². The van der Waals surface area contributed by atoms with E-state index >= 15 is 0 Å². The number of primary amides is 1. The second-order valence-electron chi connectivity index (χ2n) is 6.55. The van der Waals surface area contributed by atoms with Gasteiger partial charge in [0.15, 0.2) is 5.88 Å². The highest BCUT2D eigenvalue weighted by atomic mass is 32.1. The van der Waals surface area contributed by atoms with Gasteiger partial charge >= 0.3 is 0 Å². The zero-order valence-corrected chi connectivity index (χ0v) is 16.5. The number of carbonyl (C=O) groups is 1. The molecule has 0 aliphatic rings. The highest BCUT2D eigenvalue weighted by molar-refractivity contribution is 7.19. The zero-order chi connectivity index (χ0) is 19.5. The van der Waals surface area contributed by atoms with Crippen LogP contribution >= 0.6 is 11.3 Å². The lowest BCUT2D eigenvalue weighted by atomic mass is 10.1. The molecule has 0 aliphatic heterocycles. The van der Waals surface area contributed by atoms with Gasteiger partial charge in [-0.2, -0.15) is 0 Å². The van der Waals surface area contributed by atoms with Crippen molar-refractivity contribution in [2.24, 2.45) is 5.73 Å². The predicted octanol–water partition coefficient (Wildman–Crippen LogP) is 4.23. The van der Waals surface area contributed by atoms with Gasteiger partial charge in [0.2, 0.25) is 0 Å². The number of ether oxygens (including phenoxy) is 3. The molecular formula is C19H24N2O4S. The van der Waals surface area contributed by atoms with E-state index in [1.54, 1.807) is 26.4 Å². The van der Waals surface area contributed by atoms with Crippen LogP contribution in [0, 0.1) is 0 Å². The maximum absolute atomic E-state index is 11.9. The van der Waals surface area contributed by atoms with Crippen LogP contribution in [0.5, 0.6) is 11.5 Å². The fourth-order valence-electron chi connectivity index (χ4n) is 2.32. The third-order valence-corrected chi connectivity index (χ3v) is 4.44. The lowest BCUT2D eigenvalue weighted by molar-refractivity contribution is 0.0565. The molecule has 1 aromatic heterocycles. The van der Waals surface area contributed by atoms with Crippen molar-refractivity contribution in [1.82, 2.24) is 0 Å². The van der Waals surface area contributed by atoms with Crippen molar-refractivity contribution in [3.05, 3.63) is 42.3 Å². The van der Waals surface area contributed by atoms with Crippen molar-refractivity contribution >= 4 is 22.2 Å². The topological polar surface area (TPSA) is 82.8 Å². The molecule has 0 unspecified atom stereocenters. The summed E-state index contributed by atoms with van der Waals surface area (Å²) >= 11 is 1.36. The van der Waals surface area contributed by atoms with Gasteiger partial charge in [-0.3, -0.25) is 4.79 Å². The average molecular weight is 376 g/mol. The van der Waals surface area contributed by atoms with Gasteiger partial charge in [-0.15, -0.1) is 11.3 Å². The van der Waals surface area contributed by atoms with Crippen LogP contribution in [0.2, 0.25) is 0 Å². The van der Waals surface area contributed by atoms with E-state index in [1.807, 2.05) is 32.9 Å². The molecule has 0 bridgehead atoms. The zero-order valence-electron chi connectivity index (χ0n) is 15.6. The molecule has 3 N–H and O–H groups in total. The summed E-state index contributed by atoms with van der Waals surface area (Å²) in [6.07, 6.45) is 0. The lowest BCUT2D eigenvalue weighted by Crippen LogP contribution is -2.21. The molecule has 0 saturated heterocycles. The number of benzene rings is 1. The summed E-state index contributed by atoms with van der Waals surface area (Å²) in [6.45, 7) is 9.60. The van der Waals surface area contributed by atoms with Crippen LogP contribution in [0.1, 0.15) is 31.1 Å². The van der Waals surface area contributed by atoms with Gasteiger partial charge in [-0.1, -0.05) is 0 Å². The largest absolute Gasteiger partial charge is 0.497 e. The molecule has 0 aliphatic carbocycles. The van der Waals surface area contributed by atoms with E-state index in [0.29, 0.717) is 27.9 Å². The van der Waals surface area contributed by atoms with Gasteiger partial charge in [0.1, 0.15) is 22.1 Å². The van der Waals surface area contributed by atoms with Gasteiger partial charge in [-0.05, 0) is 45.5 Å². The molecule has 26 heavy (non-hydrogen) atoms. The molecule has 1 heterocycles. The van der Waals surface area contributed by atoms with Crippen molar-refractivity contribution in [1.29, 1.82) is 0 Å². The third-order valence-electron chi connectivity index (χ3n) is 3.35. The van der Waals surface area contributed by atoms with Crippen molar-refractivity contribution in [3.63, 3.8) is 0 Å². The van der Waals surface area contributed by atoms with Crippen LogP contribution in [-0.4, -0.2) is 25.7 Å². The van der Waals surface area contributed by atoms with Crippen LogP contribution < -0.4 is 20.5 Å². The SMILES string of the molecule is C=C(Nc1sc(-c2ccc(OC)cc2OC)cc1C(N)=O)OC(C)(C)C. The summed E-state index contributed by atoms with van der Waals surface area (Å²) in [6, 6.07) is 7.21. The number of carbonyl (C=O) groups excluding carboxylic acids is 1. The molecule has 0 atom stereocenters. The summed E-state index contributed by atoms with van der Waals surface area (Å²) in [5.74, 6) is 1.13. The minimum atomic E-state index is -0.536. The molecule has 2 rings (SSSR count). The number of thiophene rings is 1. The highest BCUT2D eigenvalue weighted by Crippen LogP contribution is 2.41. The van der Waals surface area contributed by atoms with Crippen molar-refractivity contribution in [2.75, 3.05) is 19.5 Å². The Labute approximate surface area is 157 Å². The van der Waals surface area contributed by atoms with Crippen LogP contribution in [0.15, 0.2) is 36.7 Å². The first kappa shape index (κ1) is 19.7. The molecule has 1 amide bonds. The molecule has 2 aromatic rings. The molecule has 0 fully saturated rings. The van der Waals surface area contributed by atoms with Gasteiger partial charge in [-0.25, -0.2) is 0 Å². The van der Waals surface area contributed by atoms with Gasteiger partial charge < -0.3 is 25.3 Å². The van der Waals surface area contributed by atoms with Crippen molar-refractivity contribution in [2.45, 2.75) is 26.4 Å². The van der Waals surface area contributed by atoms with Crippen LogP contribution in [0.25, 0.3) is 10.4 Å². The minimum Gasteiger partial charge on any atom is -0.497 e. The van der Waals surface area contributed by atoms with E-state index in [-0.39, 0.29) is 0 Å². The highest BCUT2D eigenvalue weighted by Gasteiger charge is 2.20. The van der Waals surface area contributed by atoms with Crippen LogP contribution in [0.3, 0.4) is 0 Å². The number of hydrogen-bond acceptors (Lipinski definition) is 6. The smallest absolute Gasteiger partial charge is 0.251 e. The van der Waals surface area contributed by atoms with Crippen molar-refractivity contribution in [3.8, 4) is 21.9 Å². The fourth-order valence-corrected chi connectivity index (χ4v) is 3.43. The van der Waals surface area contributed by atoms with Gasteiger partial charge in [0.25, 0.3) is 5.91 Å². The summed E-state index contributed by atoms with van der Waals surface area (Å²) in [5, 5.41) is 3.60. The summed E-state index contributed by atoms with van der Waals surface area (Å²) in [5.41, 5.74) is 6.32. The Morgan fingerprint density at radius 2 is 1.88 bits per heavy atom. The van der Waals surface area contributed by atoms with E-state index in [0.717, 1.165) is 10.4 Å². The Morgan fingerprint density at radius 3 is 2.42 bits per heavy atom. The van der Waals surface area contributed by atoms with Gasteiger partial charge in [0.05, 0.1) is 19.8 Å². The molecule has 0 saturated carbocycles. The minimum absolute atomic E-state index is 0.343. The fraction of sp³-hybridized carbons (Fsp3) is 0.316. The molecular weight excluding hydrogens is 352 g/mol. The molecule has 1 aromatic carbocycles. The monoisotopic (exact) mass is 376 g/mol. The normalized spacial score (nSPS) is 11.0. The first-order valence-corrected chi connectivity index (χ1v) is 8.77. The Morgan fingerprint density at radius 1 is 1.19 bits per heavy atom. The van der Waals surface area contributed by atoms with E-state index in [1.165, 1.54) is 11.3 Å². The molecule has 7 heteroatoms. The van der Waals surface area contributed by atoms with Crippen molar-refractivity contribution < 1.29 is 19.0 Å². The number of methoxy groups -OCH3 is 2. The number of nitrogens with two attached hydrogens (primary N) is 1.